The van der Waals surface area contributed by atoms with Crippen LogP contribution in [0.5, 0.6) is 11.5 Å². The second kappa shape index (κ2) is 11.2. The highest BCUT2D eigenvalue weighted by atomic mass is 32.1. The minimum Gasteiger partial charge on any atom is -0.497 e. The van der Waals surface area contributed by atoms with Crippen LogP contribution in [0.4, 0.5) is 5.69 Å². The predicted octanol–water partition coefficient (Wildman–Crippen LogP) is 2.17. The van der Waals surface area contributed by atoms with E-state index in [0.29, 0.717) is 22.1 Å². The standard InChI is InChI=1S/C20H24N2O7S/c1-26-14-7-13(8-15(9-14)27-2)10-22(12-18(24)28-3)11-17(23)21-16-5-6-30-19(16)20(25)29-4/h5-9H,10-12H2,1-4H3,(H,21,23). The Bertz CT molecular complexity index is 875. The molecule has 162 valence electrons. The molecule has 10 heteroatoms. The molecule has 0 saturated carbocycles. The third-order valence-corrected chi connectivity index (χ3v) is 4.97. The van der Waals surface area contributed by atoms with Crippen molar-refractivity contribution < 1.29 is 33.3 Å². The van der Waals surface area contributed by atoms with E-state index in [0.717, 1.165) is 16.9 Å². The van der Waals surface area contributed by atoms with Gasteiger partial charge >= 0.3 is 11.9 Å². The topological polar surface area (TPSA) is 103 Å². The fraction of sp³-hybridized carbons (Fsp3) is 0.350. The molecule has 0 radical (unpaired) electrons. The van der Waals surface area contributed by atoms with E-state index in [-0.39, 0.29) is 19.6 Å². The summed E-state index contributed by atoms with van der Waals surface area (Å²) in [6, 6.07) is 6.93. The lowest BCUT2D eigenvalue weighted by Gasteiger charge is -2.21. The lowest BCUT2D eigenvalue weighted by atomic mass is 10.2. The Morgan fingerprint density at radius 3 is 2.20 bits per heavy atom. The molecule has 0 aliphatic heterocycles. The summed E-state index contributed by atoms with van der Waals surface area (Å²) in [7, 11) is 5.63. The smallest absolute Gasteiger partial charge is 0.350 e. The van der Waals surface area contributed by atoms with E-state index in [9.17, 15) is 14.4 Å². The number of nitrogens with zero attached hydrogens (tertiary/aromatic N) is 1. The molecule has 1 aromatic heterocycles. The number of esters is 2. The molecule has 1 heterocycles. The molecular weight excluding hydrogens is 412 g/mol. The number of nitrogens with one attached hydrogen (secondary N) is 1. The Morgan fingerprint density at radius 2 is 1.63 bits per heavy atom. The Kier molecular flexibility index (Phi) is 8.63. The normalized spacial score (nSPS) is 10.4. The molecule has 0 saturated heterocycles. The van der Waals surface area contributed by atoms with Crippen LogP contribution in [0.25, 0.3) is 0 Å². The van der Waals surface area contributed by atoms with Gasteiger partial charge in [0.25, 0.3) is 0 Å². The molecule has 1 N–H and O–H groups in total. The van der Waals surface area contributed by atoms with E-state index >= 15 is 0 Å². The predicted molar refractivity (Wildman–Crippen MR) is 111 cm³/mol. The van der Waals surface area contributed by atoms with Crippen molar-refractivity contribution in [3.8, 4) is 11.5 Å². The van der Waals surface area contributed by atoms with Crippen LogP contribution in [0, 0.1) is 0 Å². The highest BCUT2D eigenvalue weighted by molar-refractivity contribution is 7.12. The van der Waals surface area contributed by atoms with E-state index < -0.39 is 17.8 Å². The zero-order valence-electron chi connectivity index (χ0n) is 17.2. The molecule has 0 unspecified atom stereocenters. The number of rotatable bonds is 10. The zero-order chi connectivity index (χ0) is 22.1. The van der Waals surface area contributed by atoms with Crippen molar-refractivity contribution in [3.05, 3.63) is 40.1 Å². The summed E-state index contributed by atoms with van der Waals surface area (Å²) in [4.78, 5) is 38.1. The van der Waals surface area contributed by atoms with Crippen LogP contribution >= 0.6 is 11.3 Å². The van der Waals surface area contributed by atoms with Gasteiger partial charge in [-0.15, -0.1) is 11.3 Å². The number of ether oxygens (including phenoxy) is 4. The van der Waals surface area contributed by atoms with E-state index in [1.165, 1.54) is 28.4 Å². The summed E-state index contributed by atoms with van der Waals surface area (Å²) < 4.78 is 20.0. The minimum absolute atomic E-state index is 0.100. The summed E-state index contributed by atoms with van der Waals surface area (Å²) in [6.45, 7) is 0.0611. The first-order chi connectivity index (χ1) is 14.4. The third-order valence-electron chi connectivity index (χ3n) is 4.08. The van der Waals surface area contributed by atoms with Crippen LogP contribution in [-0.2, 0) is 25.6 Å². The molecule has 2 aromatic rings. The number of anilines is 1. The van der Waals surface area contributed by atoms with Crippen molar-refractivity contribution >= 4 is 34.9 Å². The first-order valence-electron chi connectivity index (χ1n) is 8.87. The quantitative estimate of drug-likeness (QED) is 0.565. The summed E-state index contributed by atoms with van der Waals surface area (Å²) >= 11 is 1.16. The van der Waals surface area contributed by atoms with Gasteiger partial charge in [-0.2, -0.15) is 0 Å². The number of amides is 1. The maximum Gasteiger partial charge on any atom is 0.350 e. The molecular formula is C20H24N2O7S. The maximum atomic E-state index is 12.6. The molecule has 1 aromatic carbocycles. The molecule has 0 aliphatic carbocycles. The average molecular weight is 436 g/mol. The van der Waals surface area contributed by atoms with Crippen LogP contribution in [0.2, 0.25) is 0 Å². The van der Waals surface area contributed by atoms with Gasteiger partial charge in [0.15, 0.2) is 0 Å². The summed E-state index contributed by atoms with van der Waals surface area (Å²) in [5.74, 6) is -0.225. The van der Waals surface area contributed by atoms with Crippen LogP contribution in [0.15, 0.2) is 29.6 Å². The summed E-state index contributed by atoms with van der Waals surface area (Å²) in [5, 5.41) is 4.36. The fourth-order valence-corrected chi connectivity index (χ4v) is 3.45. The Morgan fingerprint density at radius 1 is 0.967 bits per heavy atom. The number of methoxy groups -OCH3 is 4. The second-order valence-electron chi connectivity index (χ2n) is 6.15. The number of benzene rings is 1. The molecule has 0 fully saturated rings. The van der Waals surface area contributed by atoms with Crippen molar-refractivity contribution in [2.75, 3.05) is 46.8 Å². The Hall–Kier alpha value is -3.11. The van der Waals surface area contributed by atoms with Crippen LogP contribution < -0.4 is 14.8 Å². The van der Waals surface area contributed by atoms with Crippen molar-refractivity contribution in [2.24, 2.45) is 0 Å². The molecule has 30 heavy (non-hydrogen) atoms. The van der Waals surface area contributed by atoms with Gasteiger partial charge in [-0.3, -0.25) is 14.5 Å². The number of hydrogen-bond acceptors (Lipinski definition) is 9. The van der Waals surface area contributed by atoms with Gasteiger partial charge in [0.1, 0.15) is 16.4 Å². The molecule has 0 spiro atoms. The van der Waals surface area contributed by atoms with E-state index in [1.54, 1.807) is 34.5 Å². The first-order valence-corrected chi connectivity index (χ1v) is 9.74. The number of hydrogen-bond donors (Lipinski definition) is 1. The Labute approximate surface area is 178 Å². The van der Waals surface area contributed by atoms with Crippen LogP contribution in [0.1, 0.15) is 15.2 Å². The third kappa shape index (κ3) is 6.46. The monoisotopic (exact) mass is 436 g/mol. The molecule has 0 aliphatic rings. The van der Waals surface area contributed by atoms with Gasteiger partial charge in [-0.25, -0.2) is 4.79 Å². The van der Waals surface area contributed by atoms with Crippen LogP contribution in [-0.4, -0.2) is 64.3 Å². The minimum atomic E-state index is -0.532. The lowest BCUT2D eigenvalue weighted by molar-refractivity contribution is -0.142. The van der Waals surface area contributed by atoms with Crippen LogP contribution in [0.3, 0.4) is 0 Å². The highest BCUT2D eigenvalue weighted by Gasteiger charge is 2.19. The summed E-state index contributed by atoms with van der Waals surface area (Å²) in [5.41, 5.74) is 1.15. The van der Waals surface area contributed by atoms with Crippen molar-refractivity contribution in [3.63, 3.8) is 0 Å². The lowest BCUT2D eigenvalue weighted by Crippen LogP contribution is -2.37. The van der Waals surface area contributed by atoms with Gasteiger partial charge in [-0.05, 0) is 29.1 Å². The first kappa shape index (κ1) is 23.2. The van der Waals surface area contributed by atoms with Gasteiger partial charge in [0.2, 0.25) is 5.91 Å². The molecule has 0 atom stereocenters. The molecule has 2 rings (SSSR count). The second-order valence-corrected chi connectivity index (χ2v) is 7.06. The highest BCUT2D eigenvalue weighted by Crippen LogP contribution is 2.24. The maximum absolute atomic E-state index is 12.6. The van der Waals surface area contributed by atoms with Crippen molar-refractivity contribution in [1.29, 1.82) is 0 Å². The molecule has 0 bridgehead atoms. The van der Waals surface area contributed by atoms with E-state index in [1.807, 2.05) is 0 Å². The fourth-order valence-electron chi connectivity index (χ4n) is 2.68. The van der Waals surface area contributed by atoms with Gasteiger partial charge in [-0.1, -0.05) is 0 Å². The average Bonchev–Trinajstić information content (AvgIpc) is 3.20. The number of carbonyl (C=O) groups is 3. The van der Waals surface area contributed by atoms with Crippen molar-refractivity contribution in [2.45, 2.75) is 6.54 Å². The number of thiophene rings is 1. The van der Waals surface area contributed by atoms with Gasteiger partial charge in [0.05, 0.1) is 47.2 Å². The zero-order valence-corrected chi connectivity index (χ0v) is 18.0. The molecule has 1 amide bonds. The number of carbonyl (C=O) groups excluding carboxylic acids is 3. The van der Waals surface area contributed by atoms with E-state index in [4.69, 9.17) is 18.9 Å². The SMILES string of the molecule is COC(=O)CN(CC(=O)Nc1ccsc1C(=O)OC)Cc1cc(OC)cc(OC)c1. The Balaban J connectivity index is 2.15. The van der Waals surface area contributed by atoms with Gasteiger partial charge in [0, 0.05) is 12.6 Å². The van der Waals surface area contributed by atoms with Crippen molar-refractivity contribution in [1.82, 2.24) is 4.90 Å². The molecule has 9 nitrogen and oxygen atoms in total. The van der Waals surface area contributed by atoms with Gasteiger partial charge < -0.3 is 24.3 Å². The van der Waals surface area contributed by atoms with E-state index in [2.05, 4.69) is 5.32 Å². The summed E-state index contributed by atoms with van der Waals surface area (Å²) in [6.07, 6.45) is 0. The largest absolute Gasteiger partial charge is 0.497 e.